The van der Waals surface area contributed by atoms with Gasteiger partial charge in [0, 0.05) is 46.5 Å². The topological polar surface area (TPSA) is 59.0 Å². The average molecular weight is 387 g/mol. The van der Waals surface area contributed by atoms with Gasteiger partial charge in [-0.1, -0.05) is 29.3 Å². The standard InChI is InChI=1S/C19H19ClN4OS/c1-13-3-5-18(6-4-13)26-23-17-8-15(7-16(20)9-17)19(25)21-10-14-11-22-24(2)12-14/h3-9,11-12,23H,10H2,1-2H3,(H,21,25). The van der Waals surface area contributed by atoms with Gasteiger partial charge in [0.25, 0.3) is 5.91 Å². The number of hydrogen-bond acceptors (Lipinski definition) is 4. The van der Waals surface area contributed by atoms with E-state index < -0.39 is 0 Å². The molecule has 26 heavy (non-hydrogen) atoms. The predicted octanol–water partition coefficient (Wildman–Crippen LogP) is 4.43. The Kier molecular flexibility index (Phi) is 5.85. The Bertz CT molecular complexity index is 908. The lowest BCUT2D eigenvalue weighted by atomic mass is 10.2. The number of rotatable bonds is 6. The molecular weight excluding hydrogens is 368 g/mol. The zero-order chi connectivity index (χ0) is 18.5. The first-order chi connectivity index (χ1) is 12.5. The second-order valence-electron chi connectivity index (χ2n) is 5.95. The number of amides is 1. The van der Waals surface area contributed by atoms with E-state index in [-0.39, 0.29) is 5.91 Å². The number of halogens is 1. The van der Waals surface area contributed by atoms with Crippen LogP contribution in [0.4, 0.5) is 5.69 Å². The van der Waals surface area contributed by atoms with Gasteiger partial charge >= 0.3 is 0 Å². The summed E-state index contributed by atoms with van der Waals surface area (Å²) in [5.74, 6) is -0.181. The maximum Gasteiger partial charge on any atom is 0.251 e. The van der Waals surface area contributed by atoms with Gasteiger partial charge in [-0.3, -0.25) is 9.48 Å². The van der Waals surface area contributed by atoms with Gasteiger partial charge in [0.05, 0.1) is 6.20 Å². The molecule has 1 heterocycles. The van der Waals surface area contributed by atoms with Crippen molar-refractivity contribution in [1.82, 2.24) is 15.1 Å². The molecule has 2 N–H and O–H groups in total. The lowest BCUT2D eigenvalue weighted by Gasteiger charge is -2.09. The highest BCUT2D eigenvalue weighted by Crippen LogP contribution is 2.25. The van der Waals surface area contributed by atoms with Crippen molar-refractivity contribution in [3.8, 4) is 0 Å². The summed E-state index contributed by atoms with van der Waals surface area (Å²) in [7, 11) is 1.84. The highest BCUT2D eigenvalue weighted by Gasteiger charge is 2.09. The second kappa shape index (κ2) is 8.29. The number of carbonyl (C=O) groups is 1. The number of nitrogens with one attached hydrogen (secondary N) is 2. The maximum absolute atomic E-state index is 12.4. The fraction of sp³-hybridized carbons (Fsp3) is 0.158. The van der Waals surface area contributed by atoms with Crippen LogP contribution in [0.5, 0.6) is 0 Å². The number of benzene rings is 2. The third kappa shape index (κ3) is 5.03. The Balaban J connectivity index is 1.64. The van der Waals surface area contributed by atoms with Crippen molar-refractivity contribution in [2.75, 3.05) is 4.72 Å². The van der Waals surface area contributed by atoms with E-state index in [0.29, 0.717) is 17.1 Å². The van der Waals surface area contributed by atoms with Gasteiger partial charge in [-0.25, -0.2) is 0 Å². The third-order valence-electron chi connectivity index (χ3n) is 3.68. The largest absolute Gasteiger partial charge is 0.348 e. The molecule has 0 aliphatic heterocycles. The van der Waals surface area contributed by atoms with E-state index >= 15 is 0 Å². The quantitative estimate of drug-likeness (QED) is 0.615. The molecule has 0 spiro atoms. The first kappa shape index (κ1) is 18.4. The van der Waals surface area contributed by atoms with Gasteiger partial charge in [-0.15, -0.1) is 0 Å². The van der Waals surface area contributed by atoms with Crippen LogP contribution in [0.25, 0.3) is 0 Å². The van der Waals surface area contributed by atoms with Crippen molar-refractivity contribution >= 4 is 35.1 Å². The molecule has 2 aromatic carbocycles. The van der Waals surface area contributed by atoms with Gasteiger partial charge < -0.3 is 10.0 Å². The van der Waals surface area contributed by atoms with Crippen LogP contribution in [0, 0.1) is 6.92 Å². The molecule has 7 heteroatoms. The zero-order valence-electron chi connectivity index (χ0n) is 14.5. The highest BCUT2D eigenvalue weighted by atomic mass is 35.5. The number of nitrogens with zero attached hydrogens (tertiary/aromatic N) is 2. The molecule has 1 amide bonds. The zero-order valence-corrected chi connectivity index (χ0v) is 16.1. The molecule has 1 aromatic heterocycles. The number of carbonyl (C=O) groups excluding carboxylic acids is 1. The molecule has 0 saturated heterocycles. The lowest BCUT2D eigenvalue weighted by Crippen LogP contribution is -2.22. The van der Waals surface area contributed by atoms with Crippen LogP contribution in [0.15, 0.2) is 59.8 Å². The number of hydrogen-bond donors (Lipinski definition) is 2. The van der Waals surface area contributed by atoms with E-state index in [4.69, 9.17) is 11.6 Å². The highest BCUT2D eigenvalue weighted by molar-refractivity contribution is 8.00. The second-order valence-corrected chi connectivity index (χ2v) is 7.27. The van der Waals surface area contributed by atoms with E-state index in [9.17, 15) is 4.79 Å². The molecule has 0 unspecified atom stereocenters. The van der Waals surface area contributed by atoms with Crippen LogP contribution in [0.2, 0.25) is 5.02 Å². The Morgan fingerprint density at radius 2 is 2.00 bits per heavy atom. The van der Waals surface area contributed by atoms with Crippen molar-refractivity contribution in [3.05, 3.63) is 76.6 Å². The Morgan fingerprint density at radius 3 is 2.69 bits per heavy atom. The molecular formula is C19H19ClN4OS. The smallest absolute Gasteiger partial charge is 0.251 e. The van der Waals surface area contributed by atoms with Crippen LogP contribution in [-0.2, 0) is 13.6 Å². The summed E-state index contributed by atoms with van der Waals surface area (Å²) in [6, 6.07) is 13.4. The van der Waals surface area contributed by atoms with Gasteiger partial charge in [0.15, 0.2) is 0 Å². The molecule has 0 fully saturated rings. The van der Waals surface area contributed by atoms with Gasteiger partial charge in [0.2, 0.25) is 0 Å². The van der Waals surface area contributed by atoms with E-state index in [1.54, 1.807) is 29.1 Å². The molecule has 0 aliphatic rings. The third-order valence-corrected chi connectivity index (χ3v) is 4.74. The van der Waals surface area contributed by atoms with Crippen LogP contribution < -0.4 is 10.0 Å². The van der Waals surface area contributed by atoms with Gasteiger partial charge in [-0.05, 0) is 49.2 Å². The minimum Gasteiger partial charge on any atom is -0.348 e. The molecule has 3 rings (SSSR count). The van der Waals surface area contributed by atoms with E-state index in [2.05, 4.69) is 34.2 Å². The normalized spacial score (nSPS) is 10.6. The van der Waals surface area contributed by atoms with E-state index in [1.807, 2.05) is 25.4 Å². The summed E-state index contributed by atoms with van der Waals surface area (Å²) >= 11 is 7.65. The van der Waals surface area contributed by atoms with Crippen molar-refractivity contribution in [1.29, 1.82) is 0 Å². The molecule has 0 saturated carbocycles. The summed E-state index contributed by atoms with van der Waals surface area (Å²) in [6.07, 6.45) is 3.59. The summed E-state index contributed by atoms with van der Waals surface area (Å²) in [5.41, 5.74) is 3.43. The molecule has 0 bridgehead atoms. The molecule has 134 valence electrons. The molecule has 5 nitrogen and oxygen atoms in total. The van der Waals surface area contributed by atoms with Crippen molar-refractivity contribution in [2.45, 2.75) is 18.4 Å². The Hall–Kier alpha value is -2.44. The average Bonchev–Trinajstić information content (AvgIpc) is 3.04. The predicted molar refractivity (Wildman–Crippen MR) is 106 cm³/mol. The summed E-state index contributed by atoms with van der Waals surface area (Å²) in [5, 5.41) is 7.47. The maximum atomic E-state index is 12.4. The van der Waals surface area contributed by atoms with E-state index in [1.165, 1.54) is 17.5 Å². The fourth-order valence-corrected chi connectivity index (χ4v) is 3.21. The van der Waals surface area contributed by atoms with Crippen LogP contribution in [0.3, 0.4) is 0 Å². The van der Waals surface area contributed by atoms with Crippen molar-refractivity contribution in [3.63, 3.8) is 0 Å². The molecule has 0 atom stereocenters. The van der Waals surface area contributed by atoms with Crippen LogP contribution in [-0.4, -0.2) is 15.7 Å². The van der Waals surface area contributed by atoms with Crippen LogP contribution in [0.1, 0.15) is 21.5 Å². The monoisotopic (exact) mass is 386 g/mol. The Morgan fingerprint density at radius 1 is 1.23 bits per heavy atom. The van der Waals surface area contributed by atoms with Gasteiger partial charge in [0.1, 0.15) is 0 Å². The number of aryl methyl sites for hydroxylation is 2. The minimum absolute atomic E-state index is 0.181. The first-order valence-electron chi connectivity index (χ1n) is 8.05. The summed E-state index contributed by atoms with van der Waals surface area (Å²) in [6.45, 7) is 2.47. The number of anilines is 1. The molecule has 0 aliphatic carbocycles. The van der Waals surface area contributed by atoms with Crippen LogP contribution >= 0.6 is 23.5 Å². The first-order valence-corrected chi connectivity index (χ1v) is 9.25. The number of aromatic nitrogens is 2. The summed E-state index contributed by atoms with van der Waals surface area (Å²) < 4.78 is 4.93. The Labute approximate surface area is 161 Å². The van der Waals surface area contributed by atoms with Crippen molar-refractivity contribution in [2.24, 2.45) is 7.05 Å². The van der Waals surface area contributed by atoms with Gasteiger partial charge in [-0.2, -0.15) is 5.10 Å². The molecule has 3 aromatic rings. The lowest BCUT2D eigenvalue weighted by molar-refractivity contribution is 0.0951. The molecule has 0 radical (unpaired) electrons. The SMILES string of the molecule is Cc1ccc(SNc2cc(Cl)cc(C(=O)NCc3cnn(C)c3)c2)cc1. The summed E-state index contributed by atoms with van der Waals surface area (Å²) in [4.78, 5) is 13.5. The fourth-order valence-electron chi connectivity index (χ4n) is 2.35. The van der Waals surface area contributed by atoms with E-state index in [0.717, 1.165) is 16.1 Å². The van der Waals surface area contributed by atoms with Crippen molar-refractivity contribution < 1.29 is 4.79 Å². The minimum atomic E-state index is -0.181.